The Hall–Kier alpha value is -2.49. The van der Waals surface area contributed by atoms with E-state index in [0.717, 1.165) is 35.6 Å². The summed E-state index contributed by atoms with van der Waals surface area (Å²) in [5, 5.41) is 11.3. The highest BCUT2D eigenvalue weighted by atomic mass is 16.7. The number of hydrogen-bond donors (Lipinski definition) is 1. The van der Waals surface area contributed by atoms with E-state index in [0.29, 0.717) is 31.1 Å². The fourth-order valence-corrected chi connectivity index (χ4v) is 2.85. The summed E-state index contributed by atoms with van der Waals surface area (Å²) in [6, 6.07) is 11.5. The Labute approximate surface area is 135 Å². The average molecular weight is 312 g/mol. The molecule has 0 fully saturated rings. The second-order valence-electron chi connectivity index (χ2n) is 5.59. The highest BCUT2D eigenvalue weighted by Gasteiger charge is 2.14. The SMILES string of the molecule is O=C(O)c1c(CCCOC2=CCCCO2)ccc2ccccc12. The van der Waals surface area contributed by atoms with Gasteiger partial charge in [0.25, 0.3) is 5.95 Å². The molecule has 1 heterocycles. The van der Waals surface area contributed by atoms with Crippen LogP contribution < -0.4 is 0 Å². The van der Waals surface area contributed by atoms with E-state index >= 15 is 0 Å². The van der Waals surface area contributed by atoms with Crippen molar-refractivity contribution < 1.29 is 19.4 Å². The van der Waals surface area contributed by atoms with Gasteiger partial charge in [0.1, 0.15) is 0 Å². The lowest BCUT2D eigenvalue weighted by atomic mass is 9.96. The highest BCUT2D eigenvalue weighted by molar-refractivity contribution is 6.05. The van der Waals surface area contributed by atoms with Crippen LogP contribution in [0.2, 0.25) is 0 Å². The summed E-state index contributed by atoms with van der Waals surface area (Å²) in [5.41, 5.74) is 1.24. The minimum absolute atomic E-state index is 0.399. The van der Waals surface area contributed by atoms with Crippen molar-refractivity contribution in [2.75, 3.05) is 13.2 Å². The second kappa shape index (κ2) is 7.18. The summed E-state index contributed by atoms with van der Waals surface area (Å²) in [4.78, 5) is 11.7. The number of carbonyl (C=O) groups is 1. The summed E-state index contributed by atoms with van der Waals surface area (Å²) in [5.74, 6) is -0.274. The first kappa shape index (κ1) is 15.4. The summed E-state index contributed by atoms with van der Waals surface area (Å²) in [7, 11) is 0. The van der Waals surface area contributed by atoms with Gasteiger partial charge < -0.3 is 14.6 Å². The van der Waals surface area contributed by atoms with Gasteiger partial charge in [0, 0.05) is 0 Å². The molecule has 0 saturated heterocycles. The number of rotatable bonds is 6. The molecule has 0 saturated carbocycles. The first-order valence-electron chi connectivity index (χ1n) is 7.95. The van der Waals surface area contributed by atoms with Crippen LogP contribution in [0.15, 0.2) is 48.4 Å². The number of aromatic carboxylic acids is 1. The molecule has 0 amide bonds. The monoisotopic (exact) mass is 312 g/mol. The standard InChI is InChI=1S/C19H20O4/c20-19(21)18-15(11-10-14-6-1-2-8-16(14)18)7-5-13-23-17-9-3-4-12-22-17/h1-2,6,8-11H,3-5,7,12-13H2,(H,20,21). The number of fused-ring (bicyclic) bond motifs is 1. The zero-order valence-corrected chi connectivity index (χ0v) is 13.0. The summed E-state index contributed by atoms with van der Waals surface area (Å²) < 4.78 is 11.0. The molecule has 120 valence electrons. The molecule has 1 aliphatic heterocycles. The van der Waals surface area contributed by atoms with E-state index in [2.05, 4.69) is 0 Å². The molecule has 0 spiro atoms. The molecule has 0 atom stereocenters. The van der Waals surface area contributed by atoms with E-state index in [-0.39, 0.29) is 0 Å². The minimum atomic E-state index is -0.879. The number of carboxylic acids is 1. The average Bonchev–Trinajstić information content (AvgIpc) is 2.59. The zero-order chi connectivity index (χ0) is 16.1. The highest BCUT2D eigenvalue weighted by Crippen LogP contribution is 2.24. The molecule has 23 heavy (non-hydrogen) atoms. The maximum absolute atomic E-state index is 11.7. The van der Waals surface area contributed by atoms with E-state index in [1.54, 1.807) is 0 Å². The maximum atomic E-state index is 11.7. The largest absolute Gasteiger partial charge is 0.478 e. The van der Waals surface area contributed by atoms with Crippen LogP contribution in [-0.2, 0) is 15.9 Å². The van der Waals surface area contributed by atoms with Gasteiger partial charge in [-0.2, -0.15) is 0 Å². The topological polar surface area (TPSA) is 55.8 Å². The summed E-state index contributed by atoms with van der Waals surface area (Å²) >= 11 is 0. The van der Waals surface area contributed by atoms with Crippen LogP contribution >= 0.6 is 0 Å². The van der Waals surface area contributed by atoms with E-state index in [4.69, 9.17) is 9.47 Å². The quantitative estimate of drug-likeness (QED) is 0.815. The molecule has 4 heteroatoms. The zero-order valence-electron chi connectivity index (χ0n) is 13.0. The van der Waals surface area contributed by atoms with E-state index in [9.17, 15) is 9.90 Å². The third-order valence-corrected chi connectivity index (χ3v) is 3.97. The first-order valence-corrected chi connectivity index (χ1v) is 7.95. The van der Waals surface area contributed by atoms with E-state index < -0.39 is 5.97 Å². The van der Waals surface area contributed by atoms with Crippen LogP contribution in [0.25, 0.3) is 10.8 Å². The number of carboxylic acid groups (broad SMARTS) is 1. The normalized spacial score (nSPS) is 14.2. The van der Waals surface area contributed by atoms with Crippen molar-refractivity contribution in [1.29, 1.82) is 0 Å². The van der Waals surface area contributed by atoms with Crippen LogP contribution in [0.1, 0.15) is 35.2 Å². The van der Waals surface area contributed by atoms with Gasteiger partial charge in [-0.05, 0) is 48.1 Å². The summed E-state index contributed by atoms with van der Waals surface area (Å²) in [6.45, 7) is 1.23. The van der Waals surface area contributed by atoms with Crippen molar-refractivity contribution in [3.05, 3.63) is 59.5 Å². The lowest BCUT2D eigenvalue weighted by Gasteiger charge is -2.15. The lowest BCUT2D eigenvalue weighted by molar-refractivity contribution is 0.0240. The van der Waals surface area contributed by atoms with E-state index in [1.165, 1.54) is 0 Å². The Morgan fingerprint density at radius 3 is 2.87 bits per heavy atom. The molecular weight excluding hydrogens is 292 g/mol. The van der Waals surface area contributed by atoms with Crippen molar-refractivity contribution in [3.8, 4) is 0 Å². The van der Waals surface area contributed by atoms with Crippen LogP contribution in [0.5, 0.6) is 0 Å². The molecular formula is C19H20O4. The number of hydrogen-bond acceptors (Lipinski definition) is 3. The van der Waals surface area contributed by atoms with Crippen LogP contribution in [0.3, 0.4) is 0 Å². The van der Waals surface area contributed by atoms with E-state index in [1.807, 2.05) is 42.5 Å². The molecule has 2 aromatic carbocycles. The smallest absolute Gasteiger partial charge is 0.336 e. The number of ether oxygens (including phenoxy) is 2. The van der Waals surface area contributed by atoms with Gasteiger partial charge in [-0.3, -0.25) is 0 Å². The van der Waals surface area contributed by atoms with Crippen molar-refractivity contribution in [2.45, 2.75) is 25.7 Å². The maximum Gasteiger partial charge on any atom is 0.336 e. The summed E-state index contributed by atoms with van der Waals surface area (Å²) in [6.07, 6.45) is 5.40. The predicted molar refractivity (Wildman–Crippen MR) is 88.4 cm³/mol. The van der Waals surface area contributed by atoms with Crippen molar-refractivity contribution in [2.24, 2.45) is 0 Å². The Morgan fingerprint density at radius 1 is 1.22 bits per heavy atom. The minimum Gasteiger partial charge on any atom is -0.478 e. The molecule has 0 unspecified atom stereocenters. The molecule has 1 aliphatic rings. The Kier molecular flexibility index (Phi) is 4.81. The predicted octanol–water partition coefficient (Wildman–Crippen LogP) is 4.14. The molecule has 0 radical (unpaired) electrons. The van der Waals surface area contributed by atoms with Crippen LogP contribution in [-0.4, -0.2) is 24.3 Å². The van der Waals surface area contributed by atoms with Gasteiger partial charge in [0.15, 0.2) is 0 Å². The lowest BCUT2D eigenvalue weighted by Crippen LogP contribution is -2.07. The fourth-order valence-electron chi connectivity index (χ4n) is 2.85. The number of aryl methyl sites for hydroxylation is 1. The van der Waals surface area contributed by atoms with Crippen molar-refractivity contribution >= 4 is 16.7 Å². The van der Waals surface area contributed by atoms with Crippen molar-refractivity contribution in [3.63, 3.8) is 0 Å². The molecule has 1 N–H and O–H groups in total. The van der Waals surface area contributed by atoms with Gasteiger partial charge in [-0.25, -0.2) is 4.79 Å². The molecule has 4 nitrogen and oxygen atoms in total. The fraction of sp³-hybridized carbons (Fsp3) is 0.316. The van der Waals surface area contributed by atoms with Crippen LogP contribution in [0.4, 0.5) is 0 Å². The van der Waals surface area contributed by atoms with Gasteiger partial charge in [0.05, 0.1) is 18.8 Å². The van der Waals surface area contributed by atoms with Crippen molar-refractivity contribution in [1.82, 2.24) is 0 Å². The molecule has 3 rings (SSSR count). The van der Waals surface area contributed by atoms with Gasteiger partial charge in [-0.1, -0.05) is 36.4 Å². The first-order chi connectivity index (χ1) is 11.3. The third kappa shape index (κ3) is 3.65. The Morgan fingerprint density at radius 2 is 2.09 bits per heavy atom. The van der Waals surface area contributed by atoms with Gasteiger partial charge >= 0.3 is 5.97 Å². The second-order valence-corrected chi connectivity index (χ2v) is 5.59. The molecule has 0 aliphatic carbocycles. The van der Waals surface area contributed by atoms with Gasteiger partial charge in [-0.15, -0.1) is 0 Å². The van der Waals surface area contributed by atoms with Gasteiger partial charge in [0.2, 0.25) is 0 Å². The Bertz CT molecular complexity index is 733. The molecule has 0 bridgehead atoms. The third-order valence-electron chi connectivity index (χ3n) is 3.97. The Balaban J connectivity index is 1.68. The van der Waals surface area contributed by atoms with Crippen LogP contribution in [0, 0.1) is 0 Å². The number of allylic oxidation sites excluding steroid dienone is 1. The molecule has 0 aromatic heterocycles. The number of benzene rings is 2. The molecule has 2 aromatic rings.